The molecule has 2 N–H and O–H groups in total. The number of likely N-dealkylation sites (tertiary alicyclic amines) is 1. The zero-order valence-corrected chi connectivity index (χ0v) is 30.7. The molecule has 0 radical (unpaired) electrons. The van der Waals surface area contributed by atoms with Crippen LogP contribution in [0.3, 0.4) is 0 Å². The first-order valence-electron chi connectivity index (χ1n) is 17.4. The van der Waals surface area contributed by atoms with Crippen molar-refractivity contribution in [2.75, 3.05) is 25.0 Å². The Kier molecular flexibility index (Phi) is 9.19. The first-order valence-corrected chi connectivity index (χ1v) is 20.2. The van der Waals surface area contributed by atoms with Gasteiger partial charge in [0.25, 0.3) is 8.32 Å². The molecule has 250 valence electrons. The van der Waals surface area contributed by atoms with Crippen LogP contribution >= 0.6 is 11.3 Å². The predicted octanol–water partition coefficient (Wildman–Crippen LogP) is 7.91. The molecular weight excluding hydrogens is 629 g/mol. The molecular formula is C40H48N4O2SSi. The number of phenolic OH excluding ortho intramolecular Hbond substituents is 1. The van der Waals surface area contributed by atoms with Gasteiger partial charge < -0.3 is 19.7 Å². The van der Waals surface area contributed by atoms with E-state index < -0.39 is 8.32 Å². The summed E-state index contributed by atoms with van der Waals surface area (Å²) < 4.78 is 8.47. The van der Waals surface area contributed by atoms with Crippen molar-refractivity contribution in [3.05, 3.63) is 95.4 Å². The summed E-state index contributed by atoms with van der Waals surface area (Å²) in [6, 6.07) is 28.3. The lowest BCUT2D eigenvalue weighted by atomic mass is 9.82. The van der Waals surface area contributed by atoms with Crippen LogP contribution in [0.15, 0.2) is 84.2 Å². The number of nitrogens with one attached hydrogen (secondary N) is 1. The van der Waals surface area contributed by atoms with Gasteiger partial charge in [-0.15, -0.1) is 21.5 Å². The topological polar surface area (TPSA) is 70.5 Å². The Morgan fingerprint density at radius 3 is 2.27 bits per heavy atom. The second-order valence-electron chi connectivity index (χ2n) is 14.9. The lowest BCUT2D eigenvalue weighted by Gasteiger charge is -2.49. The summed E-state index contributed by atoms with van der Waals surface area (Å²) in [5.41, 5.74) is 3.62. The Morgan fingerprint density at radius 1 is 0.917 bits per heavy atom. The third-order valence-electron chi connectivity index (χ3n) is 10.7. The molecule has 6 nitrogen and oxygen atoms in total. The summed E-state index contributed by atoms with van der Waals surface area (Å²) in [7, 11) is -2.52. The molecule has 1 aliphatic carbocycles. The monoisotopic (exact) mass is 676 g/mol. The number of thiophene rings is 1. The number of piperidine rings is 1. The number of anilines is 1. The van der Waals surface area contributed by atoms with Crippen molar-refractivity contribution in [3.8, 4) is 17.0 Å². The lowest BCUT2D eigenvalue weighted by molar-refractivity contribution is 0.0315. The van der Waals surface area contributed by atoms with Crippen LogP contribution in [0.25, 0.3) is 21.3 Å². The molecule has 1 saturated carbocycles. The predicted molar refractivity (Wildman–Crippen MR) is 202 cm³/mol. The number of aromatic hydroxyl groups is 1. The van der Waals surface area contributed by atoms with Crippen LogP contribution in [0.2, 0.25) is 5.04 Å². The summed E-state index contributed by atoms with van der Waals surface area (Å²) in [4.78, 5) is 2.64. The van der Waals surface area contributed by atoms with E-state index in [0.29, 0.717) is 18.1 Å². The van der Waals surface area contributed by atoms with Crippen LogP contribution in [0, 0.1) is 19.8 Å². The number of hydrogen-bond acceptors (Lipinski definition) is 7. The zero-order chi connectivity index (χ0) is 33.5. The quantitative estimate of drug-likeness (QED) is 0.155. The van der Waals surface area contributed by atoms with Gasteiger partial charge in [-0.2, -0.15) is 0 Å². The van der Waals surface area contributed by atoms with Crippen LogP contribution in [0.5, 0.6) is 5.75 Å². The molecule has 2 aliphatic rings. The van der Waals surface area contributed by atoms with Crippen LogP contribution in [-0.2, 0) is 4.43 Å². The maximum Gasteiger partial charge on any atom is 0.261 e. The molecule has 1 atom stereocenters. The summed E-state index contributed by atoms with van der Waals surface area (Å²) in [5, 5.41) is 29.6. The Balaban J connectivity index is 0.996. The van der Waals surface area contributed by atoms with E-state index in [2.05, 4.69) is 122 Å². The average molecular weight is 677 g/mol. The van der Waals surface area contributed by atoms with Gasteiger partial charge in [0, 0.05) is 40.9 Å². The van der Waals surface area contributed by atoms with E-state index in [9.17, 15) is 5.11 Å². The standard InChI is InChI=1S/C40H48N4O2SSi/c1-27-28(2)39(43-42-37(27)35-18-19-36-34(38(35)45)20-22-47-36)41-30-13-12-21-44(26-30)25-29-23-31(24-29)46-48(40(3,4)5,32-14-8-6-9-15-32)33-16-10-7-11-17-33/h6-11,14-20,22,29-31,45H,12-13,21,23-26H2,1-5H3,(H,41,43)/t29?,30-,31?/m1/s1. The highest BCUT2D eigenvalue weighted by Crippen LogP contribution is 2.42. The molecule has 1 aliphatic heterocycles. The summed E-state index contributed by atoms with van der Waals surface area (Å²) in [5.74, 6) is 1.79. The lowest BCUT2D eigenvalue weighted by Crippen LogP contribution is -2.68. The fourth-order valence-corrected chi connectivity index (χ4v) is 13.5. The van der Waals surface area contributed by atoms with Crippen molar-refractivity contribution < 1.29 is 9.53 Å². The van der Waals surface area contributed by atoms with Crippen molar-refractivity contribution in [1.82, 2.24) is 15.1 Å². The van der Waals surface area contributed by atoms with Crippen LogP contribution in [-0.4, -0.2) is 60.3 Å². The Hall–Kier alpha value is -3.56. The molecule has 1 saturated heterocycles. The Bertz CT molecular complexity index is 1830. The highest BCUT2D eigenvalue weighted by atomic mass is 32.1. The van der Waals surface area contributed by atoms with Gasteiger partial charge in [-0.1, -0.05) is 81.4 Å². The van der Waals surface area contributed by atoms with Gasteiger partial charge in [0.15, 0.2) is 5.82 Å². The molecule has 7 rings (SSSR count). The first-order chi connectivity index (χ1) is 23.1. The van der Waals surface area contributed by atoms with Crippen LogP contribution < -0.4 is 15.7 Å². The maximum atomic E-state index is 11.0. The number of hydrogen-bond donors (Lipinski definition) is 2. The van der Waals surface area contributed by atoms with E-state index in [4.69, 9.17) is 4.43 Å². The van der Waals surface area contributed by atoms with Gasteiger partial charge in [-0.25, -0.2) is 0 Å². The highest BCUT2D eigenvalue weighted by Gasteiger charge is 2.52. The van der Waals surface area contributed by atoms with Crippen LogP contribution in [0.4, 0.5) is 5.82 Å². The molecule has 0 amide bonds. The molecule has 0 spiro atoms. The molecule has 2 fully saturated rings. The van der Waals surface area contributed by atoms with Gasteiger partial charge in [0.2, 0.25) is 0 Å². The van der Waals surface area contributed by atoms with Crippen molar-refractivity contribution >= 4 is 45.9 Å². The fourth-order valence-electron chi connectivity index (χ4n) is 7.98. The fraction of sp³-hybridized carbons (Fsp3) is 0.400. The number of fused-ring (bicyclic) bond motifs is 1. The van der Waals surface area contributed by atoms with E-state index >= 15 is 0 Å². The minimum Gasteiger partial charge on any atom is -0.507 e. The van der Waals surface area contributed by atoms with E-state index in [1.165, 1.54) is 16.8 Å². The second-order valence-corrected chi connectivity index (χ2v) is 20.1. The van der Waals surface area contributed by atoms with Crippen molar-refractivity contribution in [2.24, 2.45) is 5.92 Å². The molecule has 0 unspecified atom stereocenters. The van der Waals surface area contributed by atoms with Gasteiger partial charge >= 0.3 is 0 Å². The molecule has 3 aromatic carbocycles. The third kappa shape index (κ3) is 6.20. The third-order valence-corrected chi connectivity index (χ3v) is 16.7. The summed E-state index contributed by atoms with van der Waals surface area (Å²) >= 11 is 1.63. The summed E-state index contributed by atoms with van der Waals surface area (Å²) in [6.45, 7) is 14.6. The van der Waals surface area contributed by atoms with Gasteiger partial charge in [0.05, 0.1) is 5.69 Å². The highest BCUT2D eigenvalue weighted by molar-refractivity contribution is 7.17. The second kappa shape index (κ2) is 13.4. The minimum absolute atomic E-state index is 0.00211. The normalized spacial score (nSPS) is 20.5. The number of aromatic nitrogens is 2. The molecule has 48 heavy (non-hydrogen) atoms. The summed E-state index contributed by atoms with van der Waals surface area (Å²) in [6.07, 6.45) is 4.82. The Labute approximate surface area is 290 Å². The van der Waals surface area contributed by atoms with Crippen molar-refractivity contribution in [3.63, 3.8) is 0 Å². The molecule has 0 bridgehead atoms. The maximum absolute atomic E-state index is 11.0. The molecule has 8 heteroatoms. The molecule has 2 aromatic heterocycles. The smallest absolute Gasteiger partial charge is 0.261 e. The molecule has 5 aromatic rings. The van der Waals surface area contributed by atoms with Crippen LogP contribution in [0.1, 0.15) is 57.6 Å². The largest absolute Gasteiger partial charge is 0.507 e. The minimum atomic E-state index is -2.52. The van der Waals surface area contributed by atoms with E-state index in [1.807, 2.05) is 17.5 Å². The Morgan fingerprint density at radius 2 is 1.60 bits per heavy atom. The van der Waals surface area contributed by atoms with Gasteiger partial charge in [-0.3, -0.25) is 0 Å². The SMILES string of the molecule is Cc1c(N[C@@H]2CCCN(CC3CC(O[Si](c4ccccc4)(c4ccccc4)C(C)(C)C)C3)C2)nnc(-c2ccc3sccc3c2O)c1C. The van der Waals surface area contributed by atoms with Crippen molar-refractivity contribution in [2.45, 2.75) is 77.5 Å². The molecule has 3 heterocycles. The number of rotatable bonds is 9. The van der Waals surface area contributed by atoms with Gasteiger partial charge in [-0.05, 0) is 102 Å². The van der Waals surface area contributed by atoms with Crippen molar-refractivity contribution in [1.29, 1.82) is 0 Å². The number of phenols is 1. The van der Waals surface area contributed by atoms with E-state index in [1.54, 1.807) is 11.3 Å². The zero-order valence-electron chi connectivity index (χ0n) is 28.9. The average Bonchev–Trinajstić information content (AvgIpc) is 3.56. The van der Waals surface area contributed by atoms with Gasteiger partial charge in [0.1, 0.15) is 5.75 Å². The van der Waals surface area contributed by atoms with E-state index in [0.717, 1.165) is 77.2 Å². The first kappa shape index (κ1) is 33.0. The number of nitrogens with zero attached hydrogens (tertiary/aromatic N) is 3. The van der Waals surface area contributed by atoms with E-state index in [-0.39, 0.29) is 10.8 Å². The number of benzene rings is 3.